The van der Waals surface area contributed by atoms with E-state index in [1.807, 2.05) is 0 Å². The molecular formula is C14H17Br. The van der Waals surface area contributed by atoms with Gasteiger partial charge in [-0.2, -0.15) is 0 Å². The zero-order chi connectivity index (χ0) is 11.4. The third kappa shape index (κ3) is 9.46. The molecule has 0 amide bonds. The first-order valence-electron chi connectivity index (χ1n) is 5.37. The SMILES string of the molecule is C#CC#CC#CC(CBr)CCCCCC. The van der Waals surface area contributed by atoms with Crippen molar-refractivity contribution in [3.05, 3.63) is 0 Å². The summed E-state index contributed by atoms with van der Waals surface area (Å²) in [7, 11) is 0. The van der Waals surface area contributed by atoms with E-state index in [0.29, 0.717) is 5.92 Å². The minimum Gasteiger partial charge on any atom is -0.106 e. The van der Waals surface area contributed by atoms with Crippen molar-refractivity contribution in [2.75, 3.05) is 5.33 Å². The number of rotatable bonds is 6. The topological polar surface area (TPSA) is 0 Å². The Morgan fingerprint density at radius 2 is 1.93 bits per heavy atom. The van der Waals surface area contributed by atoms with E-state index in [2.05, 4.69) is 52.5 Å². The van der Waals surface area contributed by atoms with E-state index in [9.17, 15) is 0 Å². The van der Waals surface area contributed by atoms with E-state index < -0.39 is 0 Å². The highest BCUT2D eigenvalue weighted by Gasteiger charge is 2.01. The second-order valence-electron chi connectivity index (χ2n) is 3.36. The predicted octanol–water partition coefficient (Wildman–Crippen LogP) is 3.61. The van der Waals surface area contributed by atoms with E-state index in [1.165, 1.54) is 25.7 Å². The van der Waals surface area contributed by atoms with E-state index in [0.717, 1.165) is 11.8 Å². The number of hydrogen-bond donors (Lipinski definition) is 0. The summed E-state index contributed by atoms with van der Waals surface area (Å²) in [6.07, 6.45) is 11.3. The summed E-state index contributed by atoms with van der Waals surface area (Å²) in [6, 6.07) is 0. The molecule has 0 saturated carbocycles. The summed E-state index contributed by atoms with van der Waals surface area (Å²) < 4.78 is 0. The van der Waals surface area contributed by atoms with Crippen LogP contribution in [0.3, 0.4) is 0 Å². The van der Waals surface area contributed by atoms with E-state index >= 15 is 0 Å². The fourth-order valence-electron chi connectivity index (χ4n) is 1.21. The van der Waals surface area contributed by atoms with Crippen molar-refractivity contribution >= 4 is 15.9 Å². The lowest BCUT2D eigenvalue weighted by Gasteiger charge is -2.05. The molecule has 0 aliphatic rings. The maximum Gasteiger partial charge on any atom is 0.0310 e. The highest BCUT2D eigenvalue weighted by atomic mass is 79.9. The molecule has 0 saturated heterocycles. The zero-order valence-corrected chi connectivity index (χ0v) is 10.9. The van der Waals surface area contributed by atoms with Gasteiger partial charge in [-0.15, -0.1) is 6.42 Å². The molecule has 0 radical (unpaired) electrons. The Morgan fingerprint density at radius 3 is 2.53 bits per heavy atom. The molecule has 0 rings (SSSR count). The molecule has 0 heterocycles. The molecule has 1 atom stereocenters. The first kappa shape index (κ1) is 14.2. The van der Waals surface area contributed by atoms with Crippen LogP contribution in [0.25, 0.3) is 0 Å². The molecule has 0 aromatic rings. The lowest BCUT2D eigenvalue weighted by atomic mass is 10.0. The lowest BCUT2D eigenvalue weighted by molar-refractivity contribution is 0.578. The molecule has 0 spiro atoms. The summed E-state index contributed by atoms with van der Waals surface area (Å²) in [4.78, 5) is 0. The number of terminal acetylenes is 1. The second kappa shape index (κ2) is 11.2. The predicted molar refractivity (Wildman–Crippen MR) is 70.4 cm³/mol. The van der Waals surface area contributed by atoms with Gasteiger partial charge in [0.2, 0.25) is 0 Å². The Kier molecular flexibility index (Phi) is 10.6. The van der Waals surface area contributed by atoms with Gasteiger partial charge in [0, 0.05) is 11.2 Å². The highest BCUT2D eigenvalue weighted by molar-refractivity contribution is 9.09. The van der Waals surface area contributed by atoms with Gasteiger partial charge in [0.1, 0.15) is 0 Å². The molecule has 0 aromatic carbocycles. The van der Waals surface area contributed by atoms with Crippen LogP contribution in [0.2, 0.25) is 0 Å². The average molecular weight is 265 g/mol. The van der Waals surface area contributed by atoms with Gasteiger partial charge in [0.15, 0.2) is 0 Å². The third-order valence-corrected chi connectivity index (χ3v) is 2.85. The van der Waals surface area contributed by atoms with Crippen molar-refractivity contribution in [1.29, 1.82) is 0 Å². The third-order valence-electron chi connectivity index (χ3n) is 2.07. The monoisotopic (exact) mass is 264 g/mol. The van der Waals surface area contributed by atoms with Gasteiger partial charge >= 0.3 is 0 Å². The standard InChI is InChI=1S/C14H17Br/c1-3-5-7-9-11-14(13-15)12-10-8-6-4-2/h1,14H,4,6,8,10,12-13H2,2H3. The first-order chi connectivity index (χ1) is 7.35. The summed E-state index contributed by atoms with van der Waals surface area (Å²) in [5.41, 5.74) is 0. The Morgan fingerprint density at radius 1 is 1.13 bits per heavy atom. The van der Waals surface area contributed by atoms with Crippen molar-refractivity contribution in [3.8, 4) is 36.0 Å². The summed E-state index contributed by atoms with van der Waals surface area (Å²) >= 11 is 3.46. The van der Waals surface area contributed by atoms with Crippen molar-refractivity contribution in [1.82, 2.24) is 0 Å². The number of alkyl halides is 1. The molecule has 0 bridgehead atoms. The minimum atomic E-state index is 0.411. The van der Waals surface area contributed by atoms with Crippen LogP contribution in [0.1, 0.15) is 39.0 Å². The first-order valence-corrected chi connectivity index (χ1v) is 6.49. The Bertz CT molecular complexity index is 300. The van der Waals surface area contributed by atoms with Crippen LogP contribution in [0.5, 0.6) is 0 Å². The Hall–Kier alpha value is -0.840. The molecule has 0 fully saturated rings. The van der Waals surface area contributed by atoms with Gasteiger partial charge in [0.25, 0.3) is 0 Å². The molecule has 1 heteroatoms. The van der Waals surface area contributed by atoms with Crippen molar-refractivity contribution < 1.29 is 0 Å². The van der Waals surface area contributed by atoms with Gasteiger partial charge in [-0.3, -0.25) is 0 Å². The molecule has 15 heavy (non-hydrogen) atoms. The van der Waals surface area contributed by atoms with E-state index in [4.69, 9.17) is 6.42 Å². The van der Waals surface area contributed by atoms with E-state index in [-0.39, 0.29) is 0 Å². The lowest BCUT2D eigenvalue weighted by Crippen LogP contribution is -1.98. The second-order valence-corrected chi connectivity index (χ2v) is 4.01. The van der Waals surface area contributed by atoms with Crippen LogP contribution >= 0.6 is 15.9 Å². The van der Waals surface area contributed by atoms with Gasteiger partial charge < -0.3 is 0 Å². The van der Waals surface area contributed by atoms with Crippen LogP contribution < -0.4 is 0 Å². The molecule has 0 aliphatic carbocycles. The van der Waals surface area contributed by atoms with Gasteiger partial charge in [0.05, 0.1) is 0 Å². The summed E-state index contributed by atoms with van der Waals surface area (Å²) in [5.74, 6) is 13.7. The Labute approximate surface area is 102 Å². The van der Waals surface area contributed by atoms with Gasteiger partial charge in [-0.25, -0.2) is 0 Å². The van der Waals surface area contributed by atoms with E-state index in [1.54, 1.807) is 0 Å². The molecule has 0 aromatic heterocycles. The highest BCUT2D eigenvalue weighted by Crippen LogP contribution is 2.12. The molecule has 1 unspecified atom stereocenters. The maximum absolute atomic E-state index is 4.99. The van der Waals surface area contributed by atoms with Crippen molar-refractivity contribution in [2.45, 2.75) is 39.0 Å². The number of hydrogen-bond acceptors (Lipinski definition) is 0. The molecule has 0 N–H and O–H groups in total. The van der Waals surface area contributed by atoms with Crippen molar-refractivity contribution in [2.24, 2.45) is 5.92 Å². The molecule has 80 valence electrons. The van der Waals surface area contributed by atoms with Crippen LogP contribution in [0, 0.1) is 41.9 Å². The molecule has 0 aliphatic heterocycles. The average Bonchev–Trinajstić information content (AvgIpc) is 2.27. The minimum absolute atomic E-state index is 0.411. The largest absolute Gasteiger partial charge is 0.106 e. The fraction of sp³-hybridized carbons (Fsp3) is 0.571. The molecule has 0 nitrogen and oxygen atoms in total. The van der Waals surface area contributed by atoms with Gasteiger partial charge in [-0.1, -0.05) is 54.5 Å². The van der Waals surface area contributed by atoms with Crippen LogP contribution in [-0.4, -0.2) is 5.33 Å². The smallest absolute Gasteiger partial charge is 0.0310 e. The summed E-state index contributed by atoms with van der Waals surface area (Å²) in [6.45, 7) is 2.22. The number of halogens is 1. The van der Waals surface area contributed by atoms with Crippen LogP contribution in [0.15, 0.2) is 0 Å². The summed E-state index contributed by atoms with van der Waals surface area (Å²) in [5, 5.41) is 0.920. The van der Waals surface area contributed by atoms with Crippen molar-refractivity contribution in [3.63, 3.8) is 0 Å². The number of unbranched alkanes of at least 4 members (excludes halogenated alkanes) is 3. The van der Waals surface area contributed by atoms with Crippen LogP contribution in [0.4, 0.5) is 0 Å². The zero-order valence-electron chi connectivity index (χ0n) is 9.28. The normalized spacial score (nSPS) is 10.2. The van der Waals surface area contributed by atoms with Gasteiger partial charge in [-0.05, 0) is 30.1 Å². The molecular weight excluding hydrogens is 248 g/mol. The maximum atomic E-state index is 4.99. The Balaban J connectivity index is 3.81. The fourth-order valence-corrected chi connectivity index (χ4v) is 1.70. The van der Waals surface area contributed by atoms with Crippen LogP contribution in [-0.2, 0) is 0 Å². The quantitative estimate of drug-likeness (QED) is 0.391.